The van der Waals surface area contributed by atoms with Gasteiger partial charge in [-0.25, -0.2) is 19.6 Å². The molecular formula is C14H31ClN6Ni. The first-order valence-corrected chi connectivity index (χ1v) is 7.15. The minimum Gasteiger partial charge on any atom is -1.00 e. The molecule has 0 bridgehead atoms. The predicted molar refractivity (Wildman–Crippen MR) is 87.0 cm³/mol. The third-order valence-corrected chi connectivity index (χ3v) is 2.55. The zero-order chi connectivity index (χ0) is 14.9. The van der Waals surface area contributed by atoms with Crippen LogP contribution in [0.3, 0.4) is 0 Å². The van der Waals surface area contributed by atoms with Gasteiger partial charge >= 0.3 is 16.5 Å². The van der Waals surface area contributed by atoms with E-state index in [4.69, 9.17) is 0 Å². The molecule has 6 nitrogen and oxygen atoms in total. The van der Waals surface area contributed by atoms with E-state index >= 15 is 0 Å². The van der Waals surface area contributed by atoms with Crippen LogP contribution >= 0.6 is 0 Å². The monoisotopic (exact) mass is 376 g/mol. The molecule has 8 heteroatoms. The summed E-state index contributed by atoms with van der Waals surface area (Å²) in [6.07, 6.45) is 4.66. The van der Waals surface area contributed by atoms with Gasteiger partial charge in [0.1, 0.15) is 0 Å². The molecule has 1 aliphatic rings. The molecular weight excluding hydrogens is 346 g/mol. The van der Waals surface area contributed by atoms with Gasteiger partial charge in [-0.15, -0.1) is 6.58 Å². The van der Waals surface area contributed by atoms with E-state index in [-0.39, 0.29) is 28.9 Å². The molecule has 0 aromatic rings. The van der Waals surface area contributed by atoms with Crippen molar-refractivity contribution < 1.29 is 28.9 Å². The maximum absolute atomic E-state index is 3.78. The summed E-state index contributed by atoms with van der Waals surface area (Å²) in [6.45, 7) is 16.6. The summed E-state index contributed by atoms with van der Waals surface area (Å²) in [6, 6.07) is 0. The minimum atomic E-state index is 0. The Bertz CT molecular complexity index is 219. The minimum absolute atomic E-state index is 0. The van der Waals surface area contributed by atoms with Gasteiger partial charge in [-0.2, -0.15) is 0 Å². The molecule has 0 aliphatic carbocycles. The van der Waals surface area contributed by atoms with Crippen molar-refractivity contribution >= 4 is 0 Å². The molecule has 0 spiro atoms. The van der Waals surface area contributed by atoms with Crippen molar-refractivity contribution in [2.45, 2.75) is 12.6 Å². The Labute approximate surface area is 152 Å². The van der Waals surface area contributed by atoms with E-state index in [1.807, 2.05) is 6.08 Å². The molecule has 0 aromatic heterocycles. The van der Waals surface area contributed by atoms with E-state index in [2.05, 4.69) is 52.0 Å². The number of hydrogen-bond acceptors (Lipinski definition) is 6. The Morgan fingerprint density at radius 2 is 1.36 bits per heavy atom. The molecule has 134 valence electrons. The molecule has 1 rings (SSSR count). The predicted octanol–water partition coefficient (Wildman–Crippen LogP) is -3.68. The smallest absolute Gasteiger partial charge is 1.00 e. The van der Waals surface area contributed by atoms with Crippen LogP contribution in [0.1, 0.15) is 6.42 Å². The molecule has 1 aliphatic heterocycles. The average Bonchev–Trinajstić information content (AvgIpc) is 2.44. The zero-order valence-electron chi connectivity index (χ0n) is 13.2. The Morgan fingerprint density at radius 3 is 1.91 bits per heavy atom. The van der Waals surface area contributed by atoms with Gasteiger partial charge in [0.25, 0.3) is 0 Å². The summed E-state index contributed by atoms with van der Waals surface area (Å²) in [5, 5.41) is 20.1. The summed E-state index contributed by atoms with van der Waals surface area (Å²) in [5.74, 6) is 0. The van der Waals surface area contributed by atoms with Crippen LogP contribution < -0.4 is 44.3 Å². The first kappa shape index (κ1) is 26.8. The van der Waals surface area contributed by atoms with Crippen LogP contribution in [0.25, 0.3) is 0 Å². The fourth-order valence-corrected chi connectivity index (χ4v) is 1.62. The second kappa shape index (κ2) is 23.2. The van der Waals surface area contributed by atoms with Gasteiger partial charge in [0, 0.05) is 46.2 Å². The number of hydrogen-bond donors (Lipinski definition) is 6. The Kier molecular flexibility index (Phi) is 28.2. The molecule has 1 fully saturated rings. The van der Waals surface area contributed by atoms with Crippen molar-refractivity contribution in [2.75, 3.05) is 46.2 Å². The average molecular weight is 378 g/mol. The van der Waals surface area contributed by atoms with E-state index < -0.39 is 0 Å². The molecule has 1 heterocycles. The van der Waals surface area contributed by atoms with Crippen LogP contribution in [0.15, 0.2) is 25.3 Å². The first-order chi connectivity index (χ1) is 9.85. The Hall–Kier alpha value is -0.106. The van der Waals surface area contributed by atoms with Crippen LogP contribution in [0, 0.1) is 6.92 Å². The zero-order valence-corrected chi connectivity index (χ0v) is 14.9. The molecule has 6 N–H and O–H groups in total. The van der Waals surface area contributed by atoms with Gasteiger partial charge in [0.15, 0.2) is 0 Å². The van der Waals surface area contributed by atoms with Crippen molar-refractivity contribution in [1.29, 1.82) is 0 Å². The van der Waals surface area contributed by atoms with Gasteiger partial charge in [-0.3, -0.25) is 10.6 Å². The molecule has 0 amide bonds. The summed E-state index contributed by atoms with van der Waals surface area (Å²) in [4.78, 5) is 0. The number of halogens is 1. The van der Waals surface area contributed by atoms with E-state index in [1.54, 1.807) is 0 Å². The molecule has 1 atom stereocenters. The quantitative estimate of drug-likeness (QED) is 0.169. The van der Waals surface area contributed by atoms with E-state index in [1.165, 1.54) is 6.08 Å². The normalized spacial score (nSPS) is 20.6. The Morgan fingerprint density at radius 1 is 0.864 bits per heavy atom. The molecule has 1 unspecified atom stereocenters. The topological polar surface area (TPSA) is 72.2 Å². The maximum atomic E-state index is 3.78. The number of allylic oxidation sites excluding steroid dienone is 1. The van der Waals surface area contributed by atoms with E-state index in [0.29, 0.717) is 6.17 Å². The summed E-state index contributed by atoms with van der Waals surface area (Å²) < 4.78 is 0. The third kappa shape index (κ3) is 19.9. The molecule has 0 saturated carbocycles. The van der Waals surface area contributed by atoms with E-state index in [0.717, 1.165) is 52.6 Å². The third-order valence-electron chi connectivity index (χ3n) is 2.55. The van der Waals surface area contributed by atoms with Crippen molar-refractivity contribution in [2.24, 2.45) is 0 Å². The fourth-order valence-electron chi connectivity index (χ4n) is 1.62. The Balaban J connectivity index is -0.000000666. The largest absolute Gasteiger partial charge is 2.00 e. The second-order valence-corrected chi connectivity index (χ2v) is 4.30. The van der Waals surface area contributed by atoms with Gasteiger partial charge in [-0.05, 0) is 6.42 Å². The molecule has 1 saturated heterocycles. The fraction of sp³-hybridized carbons (Fsp3) is 0.643. The van der Waals surface area contributed by atoms with E-state index in [9.17, 15) is 0 Å². The standard InChI is InChI=1S/C11H26N6.C3H5.ClH.Ni/c1-2-3-11-16-7-6-13-9-15-8-12-4-5-14-10-17-11;1-3-2;;/h2,11-17H,1,3-10H2;3H,1-2H2;1H;/q;-1;;+2/p-1. The van der Waals surface area contributed by atoms with Crippen molar-refractivity contribution in [3.63, 3.8) is 0 Å². The van der Waals surface area contributed by atoms with Gasteiger partial charge in [-0.1, -0.05) is 6.08 Å². The van der Waals surface area contributed by atoms with Crippen molar-refractivity contribution in [3.05, 3.63) is 32.2 Å². The van der Waals surface area contributed by atoms with Crippen LogP contribution in [-0.2, 0) is 16.5 Å². The van der Waals surface area contributed by atoms with Crippen molar-refractivity contribution in [1.82, 2.24) is 31.9 Å². The summed E-state index contributed by atoms with van der Waals surface area (Å²) in [7, 11) is 0. The number of rotatable bonds is 2. The van der Waals surface area contributed by atoms with Crippen LogP contribution in [0.5, 0.6) is 0 Å². The second-order valence-electron chi connectivity index (χ2n) is 4.30. The summed E-state index contributed by atoms with van der Waals surface area (Å²) >= 11 is 0. The molecule has 0 radical (unpaired) electrons. The SMILES string of the molecule is C=CCC1NCCNCNCNCCNCN1.C=C[CH2-].[Cl-].[Ni+2]. The number of nitrogens with one attached hydrogen (secondary N) is 6. The molecule has 0 aromatic carbocycles. The van der Waals surface area contributed by atoms with Crippen LogP contribution in [0.2, 0.25) is 0 Å². The molecule has 22 heavy (non-hydrogen) atoms. The van der Waals surface area contributed by atoms with Crippen molar-refractivity contribution in [3.8, 4) is 0 Å². The van der Waals surface area contributed by atoms with Gasteiger partial charge < -0.3 is 33.7 Å². The first-order valence-electron chi connectivity index (χ1n) is 7.15. The summed E-state index contributed by atoms with van der Waals surface area (Å²) in [5.41, 5.74) is 0. The van der Waals surface area contributed by atoms with Gasteiger partial charge in [0.05, 0.1) is 6.17 Å². The van der Waals surface area contributed by atoms with Crippen LogP contribution in [0.4, 0.5) is 0 Å². The van der Waals surface area contributed by atoms with Gasteiger partial charge in [0.2, 0.25) is 0 Å². The van der Waals surface area contributed by atoms with Crippen LogP contribution in [-0.4, -0.2) is 52.4 Å². The maximum Gasteiger partial charge on any atom is 2.00 e.